The third-order valence-electron chi connectivity index (χ3n) is 5.08. The van der Waals surface area contributed by atoms with Gasteiger partial charge in [0, 0.05) is 13.0 Å². The fourth-order valence-electron chi connectivity index (χ4n) is 3.03. The Morgan fingerprint density at radius 3 is 2.42 bits per heavy atom. The van der Waals surface area contributed by atoms with Gasteiger partial charge in [-0.05, 0) is 49.3 Å². The van der Waals surface area contributed by atoms with Crippen LogP contribution in [0.1, 0.15) is 51.5 Å². The zero-order valence-electron chi connectivity index (χ0n) is 18.3. The van der Waals surface area contributed by atoms with Crippen LogP contribution in [0.15, 0.2) is 29.3 Å². The number of rotatable bonds is 14. The predicted molar refractivity (Wildman–Crippen MR) is 120 cm³/mol. The van der Waals surface area contributed by atoms with Crippen LogP contribution in [0.3, 0.4) is 0 Å². The molecule has 0 bridgehead atoms. The topological polar surface area (TPSA) is 160 Å². The standard InChI is InChI=1S/C22H35N5O4/c1-3-15(2)20(21(31)26-17(14-28)7-5-13-25-22(23)24)27-19(30)8-4-6-16-9-11-18(29)12-10-16/h9-12,14-15,17,20,29H,3-8,13H2,1-2H3,(H,26,31)(H,27,30)(H4,23,24,25)/t15-,17-,20-/m0/s1. The minimum absolute atomic E-state index is 0.0170. The molecule has 1 rings (SSSR count). The van der Waals surface area contributed by atoms with E-state index in [1.807, 2.05) is 26.0 Å². The highest BCUT2D eigenvalue weighted by Gasteiger charge is 2.27. The van der Waals surface area contributed by atoms with Gasteiger partial charge in [0.25, 0.3) is 0 Å². The first-order valence-corrected chi connectivity index (χ1v) is 10.6. The van der Waals surface area contributed by atoms with Crippen LogP contribution in [-0.2, 0) is 20.8 Å². The van der Waals surface area contributed by atoms with Crippen molar-refractivity contribution in [2.45, 2.75) is 64.5 Å². The molecule has 0 saturated heterocycles. The van der Waals surface area contributed by atoms with Gasteiger partial charge in [-0.3, -0.25) is 14.6 Å². The number of benzene rings is 1. The minimum atomic E-state index is -0.716. The molecule has 3 atom stereocenters. The van der Waals surface area contributed by atoms with Crippen LogP contribution >= 0.6 is 0 Å². The summed E-state index contributed by atoms with van der Waals surface area (Å²) in [4.78, 5) is 40.4. The number of hydrogen-bond acceptors (Lipinski definition) is 5. The monoisotopic (exact) mass is 433 g/mol. The number of aliphatic imine (C=N–C) groups is 1. The number of aldehydes is 1. The molecule has 0 spiro atoms. The van der Waals surface area contributed by atoms with Crippen molar-refractivity contribution in [3.05, 3.63) is 29.8 Å². The predicted octanol–water partition coefficient (Wildman–Crippen LogP) is 0.983. The normalized spacial score (nSPS) is 13.5. The van der Waals surface area contributed by atoms with Crippen molar-refractivity contribution in [2.75, 3.05) is 6.54 Å². The summed E-state index contributed by atoms with van der Waals surface area (Å²) < 4.78 is 0. The Balaban J connectivity index is 2.56. The Hall–Kier alpha value is -3.10. The quantitative estimate of drug-likeness (QED) is 0.127. The number of hydrogen-bond donors (Lipinski definition) is 5. The molecule has 172 valence electrons. The second-order valence-corrected chi connectivity index (χ2v) is 7.65. The molecular weight excluding hydrogens is 398 g/mol. The summed E-state index contributed by atoms with van der Waals surface area (Å²) in [7, 11) is 0. The number of nitrogens with zero attached hydrogens (tertiary/aromatic N) is 1. The van der Waals surface area contributed by atoms with Gasteiger partial charge in [0.2, 0.25) is 11.8 Å². The maximum atomic E-state index is 12.7. The molecule has 0 aromatic heterocycles. The van der Waals surface area contributed by atoms with Gasteiger partial charge in [0.15, 0.2) is 5.96 Å². The summed E-state index contributed by atoms with van der Waals surface area (Å²) in [6.45, 7) is 4.19. The number of phenols is 1. The van der Waals surface area contributed by atoms with Crippen molar-refractivity contribution in [3.63, 3.8) is 0 Å². The lowest BCUT2D eigenvalue weighted by Gasteiger charge is -2.25. The minimum Gasteiger partial charge on any atom is -0.508 e. The number of nitrogens with two attached hydrogens (primary N) is 2. The van der Waals surface area contributed by atoms with Crippen molar-refractivity contribution >= 4 is 24.1 Å². The highest BCUT2D eigenvalue weighted by atomic mass is 16.3. The zero-order chi connectivity index (χ0) is 23.2. The Bertz CT molecular complexity index is 732. The molecule has 0 heterocycles. The number of nitrogens with one attached hydrogen (secondary N) is 2. The number of phenolic OH excluding ortho intramolecular Hbond substituents is 1. The van der Waals surface area contributed by atoms with E-state index in [1.54, 1.807) is 12.1 Å². The first-order valence-electron chi connectivity index (χ1n) is 10.6. The summed E-state index contributed by atoms with van der Waals surface area (Å²) >= 11 is 0. The first kappa shape index (κ1) is 25.9. The largest absolute Gasteiger partial charge is 0.508 e. The van der Waals surface area contributed by atoms with Gasteiger partial charge < -0.3 is 32.0 Å². The number of aryl methyl sites for hydroxylation is 1. The van der Waals surface area contributed by atoms with Crippen molar-refractivity contribution in [1.82, 2.24) is 10.6 Å². The molecule has 2 amide bonds. The Labute approximate surface area is 183 Å². The van der Waals surface area contributed by atoms with Crippen LogP contribution in [0.25, 0.3) is 0 Å². The van der Waals surface area contributed by atoms with E-state index >= 15 is 0 Å². The highest BCUT2D eigenvalue weighted by Crippen LogP contribution is 2.13. The molecule has 9 heteroatoms. The summed E-state index contributed by atoms with van der Waals surface area (Å²) in [5.74, 6) is -0.491. The van der Waals surface area contributed by atoms with Gasteiger partial charge in [0.1, 0.15) is 18.1 Å². The number of amides is 2. The molecule has 0 radical (unpaired) electrons. The van der Waals surface area contributed by atoms with Crippen molar-refractivity contribution in [3.8, 4) is 5.75 Å². The Kier molecular flexibility index (Phi) is 11.7. The average molecular weight is 434 g/mol. The molecule has 0 aliphatic heterocycles. The van der Waals surface area contributed by atoms with E-state index in [0.717, 1.165) is 5.56 Å². The molecule has 0 aliphatic carbocycles. The molecule has 1 aromatic carbocycles. The van der Waals surface area contributed by atoms with Crippen molar-refractivity contribution < 1.29 is 19.5 Å². The van der Waals surface area contributed by atoms with Gasteiger partial charge in [-0.25, -0.2) is 0 Å². The van der Waals surface area contributed by atoms with Gasteiger partial charge in [0.05, 0.1) is 6.04 Å². The first-order chi connectivity index (χ1) is 14.8. The number of carbonyl (C=O) groups is 3. The molecule has 7 N–H and O–H groups in total. The maximum Gasteiger partial charge on any atom is 0.243 e. The SMILES string of the molecule is CC[C@H](C)[C@H](NC(=O)CCCc1ccc(O)cc1)C(=O)N[C@H](C=O)CCCN=C(N)N. The fourth-order valence-corrected chi connectivity index (χ4v) is 3.03. The van der Waals surface area contributed by atoms with E-state index in [4.69, 9.17) is 11.5 Å². The third-order valence-corrected chi connectivity index (χ3v) is 5.08. The smallest absolute Gasteiger partial charge is 0.243 e. The third kappa shape index (κ3) is 10.5. The van der Waals surface area contributed by atoms with E-state index in [0.29, 0.717) is 44.9 Å². The van der Waals surface area contributed by atoms with Gasteiger partial charge >= 0.3 is 0 Å². The van der Waals surface area contributed by atoms with Gasteiger partial charge in [-0.1, -0.05) is 32.4 Å². The number of aromatic hydroxyl groups is 1. The van der Waals surface area contributed by atoms with E-state index in [9.17, 15) is 19.5 Å². The molecule has 1 aromatic rings. The van der Waals surface area contributed by atoms with Crippen molar-refractivity contribution in [1.29, 1.82) is 0 Å². The highest BCUT2D eigenvalue weighted by molar-refractivity contribution is 5.89. The Morgan fingerprint density at radius 2 is 1.84 bits per heavy atom. The molecule has 0 aliphatic rings. The van der Waals surface area contributed by atoms with E-state index in [-0.39, 0.29) is 35.9 Å². The number of guanidine groups is 1. The summed E-state index contributed by atoms with van der Waals surface area (Å²) in [5.41, 5.74) is 11.6. The second-order valence-electron chi connectivity index (χ2n) is 7.65. The maximum absolute atomic E-state index is 12.7. The summed E-state index contributed by atoms with van der Waals surface area (Å²) in [6, 6.07) is 5.47. The fraction of sp³-hybridized carbons (Fsp3) is 0.545. The van der Waals surface area contributed by atoms with E-state index in [1.165, 1.54) is 0 Å². The molecule has 9 nitrogen and oxygen atoms in total. The van der Waals surface area contributed by atoms with Crippen LogP contribution in [0.2, 0.25) is 0 Å². The molecule has 0 saturated carbocycles. The lowest BCUT2D eigenvalue weighted by molar-refractivity contribution is -0.131. The second kappa shape index (κ2) is 14.0. The van der Waals surface area contributed by atoms with Crippen LogP contribution < -0.4 is 22.1 Å². The van der Waals surface area contributed by atoms with Gasteiger partial charge in [-0.15, -0.1) is 0 Å². The van der Waals surface area contributed by atoms with Crippen LogP contribution in [0.5, 0.6) is 5.75 Å². The number of carbonyl (C=O) groups excluding carboxylic acids is 3. The van der Waals surface area contributed by atoms with Gasteiger partial charge in [-0.2, -0.15) is 0 Å². The lowest BCUT2D eigenvalue weighted by Crippen LogP contribution is -2.52. The molecular formula is C22H35N5O4. The van der Waals surface area contributed by atoms with Crippen molar-refractivity contribution in [2.24, 2.45) is 22.4 Å². The van der Waals surface area contributed by atoms with Crippen LogP contribution in [0, 0.1) is 5.92 Å². The van der Waals surface area contributed by atoms with E-state index in [2.05, 4.69) is 15.6 Å². The molecule has 0 fully saturated rings. The zero-order valence-corrected chi connectivity index (χ0v) is 18.3. The summed E-state index contributed by atoms with van der Waals surface area (Å²) in [6.07, 6.45) is 3.91. The van der Waals surface area contributed by atoms with E-state index < -0.39 is 12.1 Å². The Morgan fingerprint density at radius 1 is 1.16 bits per heavy atom. The molecule has 0 unspecified atom stereocenters. The lowest BCUT2D eigenvalue weighted by atomic mass is 9.97. The van der Waals surface area contributed by atoms with Crippen LogP contribution in [0.4, 0.5) is 0 Å². The molecule has 31 heavy (non-hydrogen) atoms. The van der Waals surface area contributed by atoms with Crippen LogP contribution in [-0.4, -0.2) is 47.8 Å². The summed E-state index contributed by atoms with van der Waals surface area (Å²) in [5, 5.41) is 14.8. The average Bonchev–Trinajstić information content (AvgIpc) is 2.74.